The van der Waals surface area contributed by atoms with E-state index in [1.165, 1.54) is 31.9 Å². The third-order valence-corrected chi connectivity index (χ3v) is 6.82. The molecule has 16 heavy (non-hydrogen) atoms. The molecule has 4 atom stereocenters. The lowest BCUT2D eigenvalue weighted by molar-refractivity contribution is 0.254. The van der Waals surface area contributed by atoms with E-state index in [9.17, 15) is 8.42 Å². The average molecular weight is 309 g/mol. The molecule has 0 aromatic rings. The smallest absolute Gasteiger partial charge is 0.150 e. The summed E-state index contributed by atoms with van der Waals surface area (Å²) in [6.07, 6.45) is 9.37. The second kappa shape index (κ2) is 4.97. The molecule has 2 rings (SSSR count). The number of hydrogen-bond donors (Lipinski definition) is 0. The van der Waals surface area contributed by atoms with Crippen LogP contribution in [0.15, 0.2) is 0 Å². The summed E-state index contributed by atoms with van der Waals surface area (Å²) in [4.78, 5) is 0.677. The Morgan fingerprint density at radius 3 is 2.25 bits per heavy atom. The highest BCUT2D eigenvalue weighted by molar-refractivity contribution is 9.09. The van der Waals surface area contributed by atoms with Gasteiger partial charge in [-0.1, -0.05) is 28.8 Å². The van der Waals surface area contributed by atoms with Gasteiger partial charge in [0, 0.05) is 11.1 Å². The van der Waals surface area contributed by atoms with Crippen molar-refractivity contribution in [3.8, 4) is 0 Å². The minimum atomic E-state index is -2.81. The molecule has 0 aliphatic heterocycles. The van der Waals surface area contributed by atoms with Crippen molar-refractivity contribution in [2.45, 2.75) is 55.0 Å². The zero-order valence-electron chi connectivity index (χ0n) is 9.86. The summed E-state index contributed by atoms with van der Waals surface area (Å²) in [6, 6.07) is 0. The SMILES string of the molecule is CS(=O)(=O)C1CCCC(C2CCC(Br)C2)C1. The lowest BCUT2D eigenvalue weighted by Crippen LogP contribution is -2.30. The van der Waals surface area contributed by atoms with Gasteiger partial charge in [0.15, 0.2) is 0 Å². The zero-order chi connectivity index (χ0) is 11.8. The lowest BCUT2D eigenvalue weighted by Gasteiger charge is -2.32. The van der Waals surface area contributed by atoms with Crippen LogP contribution in [0.5, 0.6) is 0 Å². The molecule has 2 nitrogen and oxygen atoms in total. The molecule has 0 saturated heterocycles. The molecule has 4 heteroatoms. The van der Waals surface area contributed by atoms with Crippen LogP contribution in [0.1, 0.15) is 44.9 Å². The summed E-state index contributed by atoms with van der Waals surface area (Å²) in [5.74, 6) is 1.44. The highest BCUT2D eigenvalue weighted by Gasteiger charge is 2.35. The molecule has 2 fully saturated rings. The maximum absolute atomic E-state index is 11.6. The van der Waals surface area contributed by atoms with E-state index in [4.69, 9.17) is 0 Å². The van der Waals surface area contributed by atoms with Crippen LogP contribution < -0.4 is 0 Å². The van der Waals surface area contributed by atoms with Gasteiger partial charge in [0.05, 0.1) is 5.25 Å². The average Bonchev–Trinajstić information content (AvgIpc) is 2.64. The van der Waals surface area contributed by atoms with Crippen molar-refractivity contribution in [3.63, 3.8) is 0 Å². The Morgan fingerprint density at radius 2 is 1.69 bits per heavy atom. The third-order valence-electron chi connectivity index (χ3n) is 4.35. The van der Waals surface area contributed by atoms with Crippen LogP contribution in [-0.2, 0) is 9.84 Å². The quantitative estimate of drug-likeness (QED) is 0.734. The standard InChI is InChI=1S/C12H21BrO2S/c1-16(14,15)12-4-2-3-9(8-12)10-5-6-11(13)7-10/h9-12H,2-8H2,1H3. The number of rotatable bonds is 2. The molecule has 0 N–H and O–H groups in total. The van der Waals surface area contributed by atoms with Crippen molar-refractivity contribution in [1.29, 1.82) is 0 Å². The van der Waals surface area contributed by atoms with Crippen molar-refractivity contribution in [3.05, 3.63) is 0 Å². The van der Waals surface area contributed by atoms with Crippen molar-refractivity contribution in [2.24, 2.45) is 11.8 Å². The highest BCUT2D eigenvalue weighted by Crippen LogP contribution is 2.42. The van der Waals surface area contributed by atoms with Crippen molar-refractivity contribution in [2.75, 3.05) is 6.26 Å². The first-order valence-corrected chi connectivity index (χ1v) is 9.17. The second-order valence-electron chi connectivity index (χ2n) is 5.55. The van der Waals surface area contributed by atoms with Crippen LogP contribution in [0.25, 0.3) is 0 Å². The van der Waals surface area contributed by atoms with E-state index < -0.39 is 9.84 Å². The molecule has 94 valence electrons. The molecule has 0 spiro atoms. The minimum Gasteiger partial charge on any atom is -0.229 e. The van der Waals surface area contributed by atoms with E-state index in [0.717, 1.165) is 25.2 Å². The first kappa shape index (κ1) is 12.9. The highest BCUT2D eigenvalue weighted by atomic mass is 79.9. The van der Waals surface area contributed by atoms with Crippen LogP contribution >= 0.6 is 15.9 Å². The van der Waals surface area contributed by atoms with Gasteiger partial charge < -0.3 is 0 Å². The number of sulfone groups is 1. The fourth-order valence-electron chi connectivity index (χ4n) is 3.39. The summed E-state index contributed by atoms with van der Waals surface area (Å²) in [5, 5.41) is -0.0550. The summed E-state index contributed by atoms with van der Waals surface area (Å²) >= 11 is 3.68. The maximum Gasteiger partial charge on any atom is 0.150 e. The third kappa shape index (κ3) is 3.00. The Kier molecular flexibility index (Phi) is 4.00. The maximum atomic E-state index is 11.6. The summed E-state index contributed by atoms with van der Waals surface area (Å²) in [7, 11) is -2.81. The Labute approximate surface area is 107 Å². The molecular weight excluding hydrogens is 288 g/mol. The normalized spacial score (nSPS) is 41.1. The van der Waals surface area contributed by atoms with E-state index >= 15 is 0 Å². The molecule has 0 bridgehead atoms. The molecule has 2 saturated carbocycles. The predicted molar refractivity (Wildman–Crippen MR) is 70.6 cm³/mol. The largest absolute Gasteiger partial charge is 0.229 e. The van der Waals surface area contributed by atoms with Crippen LogP contribution in [0.3, 0.4) is 0 Å². The number of alkyl halides is 1. The molecule has 0 heterocycles. The fraction of sp³-hybridized carbons (Fsp3) is 1.00. The molecule has 0 aromatic carbocycles. The van der Waals surface area contributed by atoms with Crippen molar-refractivity contribution in [1.82, 2.24) is 0 Å². The number of hydrogen-bond acceptors (Lipinski definition) is 2. The Morgan fingerprint density at radius 1 is 1.00 bits per heavy atom. The van der Waals surface area contributed by atoms with E-state index in [2.05, 4.69) is 15.9 Å². The molecule has 4 unspecified atom stereocenters. The van der Waals surface area contributed by atoms with Gasteiger partial charge in [0.25, 0.3) is 0 Å². The fourth-order valence-corrected chi connectivity index (χ4v) is 5.32. The van der Waals surface area contributed by atoms with Gasteiger partial charge in [-0.15, -0.1) is 0 Å². The van der Waals surface area contributed by atoms with E-state index in [-0.39, 0.29) is 5.25 Å². The van der Waals surface area contributed by atoms with Crippen LogP contribution in [0, 0.1) is 11.8 Å². The van der Waals surface area contributed by atoms with Gasteiger partial charge in [-0.05, 0) is 43.9 Å². The van der Waals surface area contributed by atoms with Gasteiger partial charge >= 0.3 is 0 Å². The van der Waals surface area contributed by atoms with E-state index in [0.29, 0.717) is 10.7 Å². The first-order chi connectivity index (χ1) is 7.47. The van der Waals surface area contributed by atoms with Gasteiger partial charge in [-0.3, -0.25) is 0 Å². The summed E-state index contributed by atoms with van der Waals surface area (Å²) in [5.41, 5.74) is 0. The Balaban J connectivity index is 1.97. The molecular formula is C12H21BrO2S. The van der Waals surface area contributed by atoms with Crippen LogP contribution in [-0.4, -0.2) is 24.8 Å². The van der Waals surface area contributed by atoms with Gasteiger partial charge in [0.1, 0.15) is 9.84 Å². The minimum absolute atomic E-state index is 0.0550. The van der Waals surface area contributed by atoms with E-state index in [1.54, 1.807) is 0 Å². The molecule has 2 aliphatic rings. The predicted octanol–water partition coefficient (Wildman–Crippen LogP) is 3.15. The van der Waals surface area contributed by atoms with E-state index in [1.807, 2.05) is 0 Å². The van der Waals surface area contributed by atoms with Gasteiger partial charge in [0.2, 0.25) is 0 Å². The van der Waals surface area contributed by atoms with Crippen molar-refractivity contribution >= 4 is 25.8 Å². The summed E-state index contributed by atoms with van der Waals surface area (Å²) in [6.45, 7) is 0. The van der Waals surface area contributed by atoms with Gasteiger partial charge in [-0.2, -0.15) is 0 Å². The molecule has 2 aliphatic carbocycles. The second-order valence-corrected chi connectivity index (χ2v) is 9.17. The van der Waals surface area contributed by atoms with Crippen molar-refractivity contribution < 1.29 is 8.42 Å². The molecule has 0 aromatic heterocycles. The first-order valence-electron chi connectivity index (χ1n) is 6.29. The molecule has 0 radical (unpaired) electrons. The summed E-state index contributed by atoms with van der Waals surface area (Å²) < 4.78 is 23.2. The van der Waals surface area contributed by atoms with Gasteiger partial charge in [-0.25, -0.2) is 8.42 Å². The van der Waals surface area contributed by atoms with Crippen LogP contribution in [0.2, 0.25) is 0 Å². The number of halogens is 1. The topological polar surface area (TPSA) is 34.1 Å². The monoisotopic (exact) mass is 308 g/mol. The Hall–Kier alpha value is 0.430. The zero-order valence-corrected chi connectivity index (χ0v) is 12.3. The molecule has 0 amide bonds. The Bertz CT molecular complexity index is 339. The lowest BCUT2D eigenvalue weighted by atomic mass is 9.79. The van der Waals surface area contributed by atoms with Crippen LogP contribution in [0.4, 0.5) is 0 Å².